The van der Waals surface area contributed by atoms with Crippen LogP contribution in [0.1, 0.15) is 103 Å². The zero-order valence-electron chi connectivity index (χ0n) is 36.3. The molecule has 2 aliphatic carbocycles. The third-order valence-electron chi connectivity index (χ3n) is 12.9. The van der Waals surface area contributed by atoms with Crippen LogP contribution in [0, 0.1) is 23.7 Å². The highest BCUT2D eigenvalue weighted by molar-refractivity contribution is 5.87. The lowest BCUT2D eigenvalue weighted by atomic mass is 9.83. The smallest absolute Gasteiger partial charge is 0.407 e. The molecule has 4 aromatic rings. The van der Waals surface area contributed by atoms with E-state index < -0.39 is 24.3 Å². The summed E-state index contributed by atoms with van der Waals surface area (Å²) in [6.45, 7) is 14.4. The van der Waals surface area contributed by atoms with Crippen molar-refractivity contribution in [1.82, 2.24) is 40.4 Å². The van der Waals surface area contributed by atoms with Gasteiger partial charge in [-0.25, -0.2) is 19.6 Å². The number of nitrogens with one attached hydrogen (secondary N) is 4. The molecule has 7 atom stereocenters. The number of aromatic amines is 2. The number of alkyl carbamates (subject to hydrolysis) is 2. The average Bonchev–Trinajstić information content (AvgIpc) is 4.07. The number of likely N-dealkylation sites (tertiary alicyclic amines) is 1. The van der Waals surface area contributed by atoms with Crippen LogP contribution in [0.15, 0.2) is 48.8 Å². The minimum atomic E-state index is -0.724. The van der Waals surface area contributed by atoms with E-state index in [2.05, 4.69) is 63.9 Å². The first-order valence-corrected chi connectivity index (χ1v) is 21.4. The van der Waals surface area contributed by atoms with Gasteiger partial charge in [0.05, 0.1) is 50.1 Å². The Morgan fingerprint density at radius 1 is 0.817 bits per heavy atom. The maximum Gasteiger partial charge on any atom is 0.407 e. The number of methoxy groups -OCH3 is 2. The van der Waals surface area contributed by atoms with E-state index in [0.717, 1.165) is 60.4 Å². The molecule has 2 bridgehead atoms. The molecule has 1 saturated carbocycles. The molecule has 0 radical (unpaired) electrons. The largest absolute Gasteiger partial charge is 0.453 e. The lowest BCUT2D eigenvalue weighted by molar-refractivity contribution is -0.140. The van der Waals surface area contributed by atoms with Crippen molar-refractivity contribution in [3.8, 4) is 33.6 Å². The molecule has 2 fully saturated rings. The summed E-state index contributed by atoms with van der Waals surface area (Å²) in [6.07, 6.45) is 6.93. The topological polar surface area (TPSA) is 175 Å². The number of amides is 4. The number of imidazole rings is 2. The Bertz CT molecular complexity index is 2230. The summed E-state index contributed by atoms with van der Waals surface area (Å²) in [6, 6.07) is 11.2. The van der Waals surface area contributed by atoms with Gasteiger partial charge in [-0.15, -0.1) is 0 Å². The van der Waals surface area contributed by atoms with Gasteiger partial charge in [0.15, 0.2) is 0 Å². The van der Waals surface area contributed by atoms with E-state index in [1.165, 1.54) is 36.5 Å². The van der Waals surface area contributed by atoms with Crippen molar-refractivity contribution in [3.05, 3.63) is 71.6 Å². The molecule has 4 N–H and O–H groups in total. The summed E-state index contributed by atoms with van der Waals surface area (Å²) in [5.41, 5.74) is 8.78. The number of nitrogens with zero attached hydrogens (tertiary/aromatic N) is 4. The van der Waals surface area contributed by atoms with Gasteiger partial charge in [-0.1, -0.05) is 65.8 Å². The van der Waals surface area contributed by atoms with Gasteiger partial charge in [-0.05, 0) is 108 Å². The SMILES string of the molecule is CCCN(C(=O)[C@@H](NC(=O)OC)C(C)C)[C@@H](C)c1ncc(-c2ccc3c(c2)CCc2cc(-c4cnc([C@@H]5[C@H]6C[C@@H](C)[C@H](C6)N5C(=O)[C@@H](NC(=O)OC)C(C)C)[nH]4)ccc2-3)[nH]1. The maximum absolute atomic E-state index is 14.2. The van der Waals surface area contributed by atoms with E-state index >= 15 is 0 Å². The van der Waals surface area contributed by atoms with Crippen molar-refractivity contribution in [2.75, 3.05) is 20.8 Å². The number of piperidine rings is 1. The van der Waals surface area contributed by atoms with Crippen molar-refractivity contribution in [2.45, 2.75) is 111 Å². The van der Waals surface area contributed by atoms with Crippen molar-refractivity contribution < 1.29 is 28.7 Å². The van der Waals surface area contributed by atoms with Gasteiger partial charge in [0.1, 0.15) is 23.7 Å². The normalized spacial score (nSPS) is 20.6. The molecule has 14 nitrogen and oxygen atoms in total. The van der Waals surface area contributed by atoms with Crippen LogP contribution in [-0.2, 0) is 31.9 Å². The third kappa shape index (κ3) is 8.12. The van der Waals surface area contributed by atoms with E-state index in [4.69, 9.17) is 19.4 Å². The van der Waals surface area contributed by atoms with Crippen LogP contribution < -0.4 is 10.6 Å². The van der Waals surface area contributed by atoms with Crippen molar-refractivity contribution in [2.24, 2.45) is 23.7 Å². The Kier molecular flexibility index (Phi) is 12.4. The molecular weight excluding hydrogens is 761 g/mol. The molecule has 2 aromatic heterocycles. The molecule has 14 heteroatoms. The first-order chi connectivity index (χ1) is 28.7. The molecule has 320 valence electrons. The lowest BCUT2D eigenvalue weighted by Gasteiger charge is -2.40. The highest BCUT2D eigenvalue weighted by atomic mass is 16.5. The zero-order chi connectivity index (χ0) is 43.0. The van der Waals surface area contributed by atoms with Gasteiger partial charge in [0.25, 0.3) is 0 Å². The predicted molar refractivity (Wildman–Crippen MR) is 228 cm³/mol. The quantitative estimate of drug-likeness (QED) is 0.107. The standard InChI is InChI=1S/C46H60N8O6/c1-10-17-53(43(55)38(24(2)3)51-45(57)59-8)27(7)41-47-22-35(49-41)30-13-15-33-28(19-30)11-12-29-20-31(14-16-34(29)33)36-23-48-42(50-36)40-32-18-26(6)37(21-32)54(40)44(56)39(25(4)5)52-46(58)60-9/h13-16,19-20,22-27,32,37-40H,10-12,17-18,21H2,1-9H3,(H,47,49)(H,48,50)(H,51,57)(H,52,58)/t26-,27+,32+,37+,38+,39+,40+/m1/s1. The van der Waals surface area contributed by atoms with Crippen LogP contribution in [0.2, 0.25) is 0 Å². The monoisotopic (exact) mass is 820 g/mol. The fourth-order valence-electron chi connectivity index (χ4n) is 9.69. The molecule has 3 aliphatic rings. The number of aryl methyl sites for hydroxylation is 2. The molecule has 3 heterocycles. The highest BCUT2D eigenvalue weighted by Crippen LogP contribution is 2.52. The fourth-order valence-corrected chi connectivity index (χ4v) is 9.69. The number of carbonyl (C=O) groups excluding carboxylic acids is 4. The van der Waals surface area contributed by atoms with Gasteiger partial charge >= 0.3 is 12.2 Å². The minimum Gasteiger partial charge on any atom is -0.453 e. The number of aromatic nitrogens is 4. The zero-order valence-corrected chi connectivity index (χ0v) is 36.3. The minimum absolute atomic E-state index is 0.0905. The number of rotatable bonds is 13. The van der Waals surface area contributed by atoms with Gasteiger partial charge in [0, 0.05) is 12.6 Å². The number of hydrogen-bond acceptors (Lipinski definition) is 8. The van der Waals surface area contributed by atoms with Crippen LogP contribution in [-0.4, -0.2) is 92.6 Å². The second-order valence-electron chi connectivity index (χ2n) is 17.5. The fraction of sp³-hybridized carbons (Fsp3) is 0.522. The van der Waals surface area contributed by atoms with Crippen LogP contribution in [0.5, 0.6) is 0 Å². The number of fused-ring (bicyclic) bond motifs is 5. The van der Waals surface area contributed by atoms with E-state index in [9.17, 15) is 19.2 Å². The Morgan fingerprint density at radius 3 is 1.95 bits per heavy atom. The predicted octanol–water partition coefficient (Wildman–Crippen LogP) is 7.59. The summed E-state index contributed by atoms with van der Waals surface area (Å²) in [5.74, 6) is 1.62. The molecule has 0 spiro atoms. The van der Waals surface area contributed by atoms with Crippen LogP contribution >= 0.6 is 0 Å². The second kappa shape index (κ2) is 17.5. The molecule has 2 aromatic carbocycles. The Balaban J connectivity index is 1.08. The maximum atomic E-state index is 14.2. The van der Waals surface area contributed by atoms with Crippen molar-refractivity contribution >= 4 is 24.0 Å². The number of H-pyrrole nitrogens is 2. The summed E-state index contributed by atoms with van der Waals surface area (Å²) < 4.78 is 9.65. The summed E-state index contributed by atoms with van der Waals surface area (Å²) in [5, 5.41) is 5.49. The number of benzene rings is 2. The molecule has 7 rings (SSSR count). The molecule has 0 unspecified atom stereocenters. The Morgan fingerprint density at radius 2 is 1.38 bits per heavy atom. The van der Waals surface area contributed by atoms with E-state index in [1.54, 1.807) is 4.90 Å². The van der Waals surface area contributed by atoms with Gasteiger partial charge in [-0.2, -0.15) is 0 Å². The van der Waals surface area contributed by atoms with Crippen LogP contribution in [0.25, 0.3) is 33.6 Å². The van der Waals surface area contributed by atoms with Crippen molar-refractivity contribution in [1.29, 1.82) is 0 Å². The second-order valence-corrected chi connectivity index (χ2v) is 17.5. The van der Waals surface area contributed by atoms with Gasteiger partial charge in [0.2, 0.25) is 11.8 Å². The third-order valence-corrected chi connectivity index (χ3v) is 12.9. The molecule has 4 amide bonds. The number of ether oxygens (including phenoxy) is 2. The summed E-state index contributed by atoms with van der Waals surface area (Å²) >= 11 is 0. The Hall–Kier alpha value is -5.66. The first kappa shape index (κ1) is 42.5. The van der Waals surface area contributed by atoms with Crippen LogP contribution in [0.3, 0.4) is 0 Å². The van der Waals surface area contributed by atoms with Crippen LogP contribution in [0.4, 0.5) is 9.59 Å². The molecular formula is C46H60N8O6. The molecule has 1 aliphatic heterocycles. The average molecular weight is 821 g/mol. The first-order valence-electron chi connectivity index (χ1n) is 21.4. The van der Waals surface area contributed by atoms with Gasteiger partial charge < -0.3 is 39.9 Å². The Labute approximate surface area is 352 Å². The van der Waals surface area contributed by atoms with E-state index in [0.29, 0.717) is 24.2 Å². The lowest BCUT2D eigenvalue weighted by Crippen LogP contribution is -2.55. The summed E-state index contributed by atoms with van der Waals surface area (Å²) in [7, 11) is 2.60. The number of hydrogen-bond donors (Lipinski definition) is 4. The van der Waals surface area contributed by atoms with E-state index in [1.807, 2.05) is 58.8 Å². The van der Waals surface area contributed by atoms with Crippen molar-refractivity contribution in [3.63, 3.8) is 0 Å². The van der Waals surface area contributed by atoms with Gasteiger partial charge in [-0.3, -0.25) is 9.59 Å². The summed E-state index contributed by atoms with van der Waals surface area (Å²) in [4.78, 5) is 72.6. The van der Waals surface area contributed by atoms with E-state index in [-0.39, 0.29) is 41.8 Å². The number of carbonyl (C=O) groups is 4. The highest BCUT2D eigenvalue weighted by Gasteiger charge is 2.54. The molecule has 60 heavy (non-hydrogen) atoms. The molecule has 1 saturated heterocycles.